The zero-order valence-electron chi connectivity index (χ0n) is 5.42. The largest absolute Gasteiger partial charge is 0.356 e. The molecular formula is HClN3O9-3. The molecule has 0 spiro atoms. The molecule has 80 valence electrons. The summed E-state index contributed by atoms with van der Waals surface area (Å²) in [6.07, 6.45) is 0. The van der Waals surface area contributed by atoms with Gasteiger partial charge in [0.05, 0.1) is 15.3 Å². The third-order valence-electron chi connectivity index (χ3n) is 0. The van der Waals surface area contributed by atoms with Crippen LogP contribution in [-0.2, 0) is 0 Å². The van der Waals surface area contributed by atoms with Crippen LogP contribution in [0.4, 0.5) is 0 Å². The molecule has 0 aromatic carbocycles. The molecular weight excluding hydrogens is 221 g/mol. The normalized spacial score (nSPS) is 5.54. The van der Waals surface area contributed by atoms with E-state index in [0.29, 0.717) is 0 Å². The lowest BCUT2D eigenvalue weighted by atomic mass is 13.1. The fraction of sp³-hybridized carbons (Fsp3) is 0. The second-order valence-electron chi connectivity index (χ2n) is 0.671. The second-order valence-corrected chi connectivity index (χ2v) is 0.671. The number of hydrogen-bond acceptors (Lipinski definition) is 9. The predicted molar refractivity (Wildman–Crippen MR) is 38.3 cm³/mol. The molecule has 0 bridgehead atoms. The van der Waals surface area contributed by atoms with Gasteiger partial charge in [0.1, 0.15) is 0 Å². The van der Waals surface area contributed by atoms with Crippen molar-refractivity contribution < 1.29 is 15.3 Å². The summed E-state index contributed by atoms with van der Waals surface area (Å²) in [6.45, 7) is 0. The highest BCUT2D eigenvalue weighted by atomic mass is 35.5. The van der Waals surface area contributed by atoms with E-state index < -0.39 is 15.3 Å². The van der Waals surface area contributed by atoms with Gasteiger partial charge in [0, 0.05) is 0 Å². The van der Waals surface area contributed by atoms with E-state index in [1.165, 1.54) is 0 Å². The minimum atomic E-state index is -1.75. The van der Waals surface area contributed by atoms with E-state index in [1.54, 1.807) is 0 Å². The Kier molecular flexibility index (Phi) is 28.4. The first-order chi connectivity index (χ1) is 5.20. The molecule has 0 aliphatic heterocycles. The van der Waals surface area contributed by atoms with E-state index in [2.05, 4.69) is 0 Å². The highest BCUT2D eigenvalue weighted by Crippen LogP contribution is 1.45. The molecule has 0 heterocycles. The van der Waals surface area contributed by atoms with Crippen LogP contribution in [-0.4, -0.2) is 15.3 Å². The molecule has 0 amide bonds. The summed E-state index contributed by atoms with van der Waals surface area (Å²) in [6, 6.07) is 0. The quantitative estimate of drug-likeness (QED) is 0.389. The molecule has 0 aromatic rings. The summed E-state index contributed by atoms with van der Waals surface area (Å²) in [5, 5.41) is 44.2. The highest BCUT2D eigenvalue weighted by molar-refractivity contribution is 5.85. The number of nitrogens with zero attached hydrogens (tertiary/aromatic N) is 3. The Bertz CT molecular complexity index is 112. The SMILES string of the molecule is Cl.O=[N+]([O-])[O-].O=[N+]([O-])[O-].O=[N+]([O-])[O-]. The average molecular weight is 222 g/mol. The number of rotatable bonds is 0. The van der Waals surface area contributed by atoms with Crippen LogP contribution in [0.1, 0.15) is 0 Å². The molecule has 0 radical (unpaired) electrons. The fourth-order valence-corrected chi connectivity index (χ4v) is 0. The standard InChI is InChI=1S/ClH.3NO3/c;3*2-1(3)4/h1H;;;/q;3*-1. The van der Waals surface area contributed by atoms with Gasteiger partial charge in [-0.3, -0.25) is 0 Å². The van der Waals surface area contributed by atoms with Crippen LogP contribution in [0.25, 0.3) is 0 Å². The van der Waals surface area contributed by atoms with Gasteiger partial charge in [-0.15, -0.1) is 12.4 Å². The zero-order chi connectivity index (χ0) is 10.7. The van der Waals surface area contributed by atoms with Gasteiger partial charge in [0.15, 0.2) is 0 Å². The minimum absolute atomic E-state index is 0. The van der Waals surface area contributed by atoms with Crippen LogP contribution in [0.5, 0.6) is 0 Å². The van der Waals surface area contributed by atoms with Crippen LogP contribution >= 0.6 is 12.4 Å². The van der Waals surface area contributed by atoms with Crippen LogP contribution < -0.4 is 0 Å². The van der Waals surface area contributed by atoms with E-state index in [0.717, 1.165) is 0 Å². The Morgan fingerprint density at radius 3 is 0.538 bits per heavy atom. The maximum atomic E-state index is 8.25. The molecule has 0 unspecified atom stereocenters. The van der Waals surface area contributed by atoms with Crippen LogP contribution in [0.2, 0.25) is 0 Å². The number of hydrogen-bond donors (Lipinski definition) is 0. The van der Waals surface area contributed by atoms with Crippen molar-refractivity contribution in [2.75, 3.05) is 0 Å². The van der Waals surface area contributed by atoms with Gasteiger partial charge in [-0.25, -0.2) is 0 Å². The second kappa shape index (κ2) is 16.5. The topological polar surface area (TPSA) is 199 Å². The van der Waals surface area contributed by atoms with Crippen molar-refractivity contribution in [1.82, 2.24) is 0 Å². The first-order valence-electron chi connectivity index (χ1n) is 1.64. The van der Waals surface area contributed by atoms with Crippen molar-refractivity contribution in [3.8, 4) is 0 Å². The highest BCUT2D eigenvalue weighted by Gasteiger charge is 1.46. The van der Waals surface area contributed by atoms with Gasteiger partial charge in [-0.05, 0) is 0 Å². The van der Waals surface area contributed by atoms with E-state index >= 15 is 0 Å². The smallest absolute Gasteiger partial charge is 0.0689 e. The number of halogens is 1. The Labute approximate surface area is 74.7 Å². The van der Waals surface area contributed by atoms with E-state index in [-0.39, 0.29) is 12.4 Å². The third-order valence-corrected chi connectivity index (χ3v) is 0. The van der Waals surface area contributed by atoms with Gasteiger partial charge in [-0.2, -0.15) is 0 Å². The predicted octanol–water partition coefficient (Wildman–Crippen LogP) is -0.296. The summed E-state index contributed by atoms with van der Waals surface area (Å²) in [7, 11) is 0. The summed E-state index contributed by atoms with van der Waals surface area (Å²) in [5.74, 6) is 0. The Hall–Kier alpha value is -2.11. The van der Waals surface area contributed by atoms with Crippen LogP contribution in [0.3, 0.4) is 0 Å². The molecule has 0 aromatic heterocycles. The summed E-state index contributed by atoms with van der Waals surface area (Å²) in [4.78, 5) is 24.8. The van der Waals surface area contributed by atoms with Gasteiger partial charge in [0.2, 0.25) is 0 Å². The molecule has 12 nitrogen and oxygen atoms in total. The van der Waals surface area contributed by atoms with Crippen LogP contribution in [0, 0.1) is 46.0 Å². The molecule has 0 fully saturated rings. The summed E-state index contributed by atoms with van der Waals surface area (Å²) >= 11 is 0. The van der Waals surface area contributed by atoms with Crippen molar-refractivity contribution in [3.63, 3.8) is 0 Å². The van der Waals surface area contributed by atoms with Gasteiger partial charge in [-0.1, -0.05) is 0 Å². The maximum Gasteiger partial charge on any atom is 0.0689 e. The average Bonchev–Trinajstić information content (AvgIpc) is 1.54. The molecule has 0 saturated carbocycles. The Morgan fingerprint density at radius 1 is 0.538 bits per heavy atom. The zero-order valence-corrected chi connectivity index (χ0v) is 6.24. The maximum absolute atomic E-state index is 8.25. The Morgan fingerprint density at radius 2 is 0.538 bits per heavy atom. The fourth-order valence-electron chi connectivity index (χ4n) is 0. The third kappa shape index (κ3) is 138. The van der Waals surface area contributed by atoms with Crippen molar-refractivity contribution in [1.29, 1.82) is 0 Å². The molecule has 0 saturated heterocycles. The van der Waals surface area contributed by atoms with Crippen molar-refractivity contribution in [2.45, 2.75) is 0 Å². The van der Waals surface area contributed by atoms with Gasteiger partial charge < -0.3 is 46.0 Å². The van der Waals surface area contributed by atoms with Gasteiger partial charge >= 0.3 is 0 Å². The van der Waals surface area contributed by atoms with Gasteiger partial charge in [0.25, 0.3) is 0 Å². The lowest BCUT2D eigenvalue weighted by Crippen LogP contribution is -1.74. The Balaban J connectivity index is -0.0000000450. The summed E-state index contributed by atoms with van der Waals surface area (Å²) < 4.78 is 0. The molecule has 13 heavy (non-hydrogen) atoms. The van der Waals surface area contributed by atoms with Crippen molar-refractivity contribution in [3.05, 3.63) is 46.0 Å². The van der Waals surface area contributed by atoms with E-state index in [9.17, 15) is 0 Å². The molecule has 0 rings (SSSR count). The van der Waals surface area contributed by atoms with Crippen molar-refractivity contribution in [2.24, 2.45) is 0 Å². The lowest BCUT2D eigenvalue weighted by molar-refractivity contribution is -0.403. The summed E-state index contributed by atoms with van der Waals surface area (Å²) in [5.41, 5.74) is 0. The van der Waals surface area contributed by atoms with E-state index in [4.69, 9.17) is 46.0 Å². The lowest BCUT2D eigenvalue weighted by Gasteiger charge is -1.74. The molecule has 0 aliphatic rings. The van der Waals surface area contributed by atoms with E-state index in [1.807, 2.05) is 0 Å². The molecule has 0 aliphatic carbocycles. The first-order valence-corrected chi connectivity index (χ1v) is 1.64. The monoisotopic (exact) mass is 222 g/mol. The molecule has 0 N–H and O–H groups in total. The molecule has 0 atom stereocenters. The molecule has 13 heteroatoms. The van der Waals surface area contributed by atoms with Crippen LogP contribution in [0.15, 0.2) is 0 Å². The minimum Gasteiger partial charge on any atom is -0.356 e. The van der Waals surface area contributed by atoms with Crippen molar-refractivity contribution >= 4 is 12.4 Å². The first kappa shape index (κ1) is 22.4.